The number of nitrogens with zero attached hydrogens (tertiary/aromatic N) is 2. The van der Waals surface area contributed by atoms with E-state index in [0.29, 0.717) is 5.56 Å². The molecule has 124 valence electrons. The van der Waals surface area contributed by atoms with Crippen molar-refractivity contribution in [1.29, 1.82) is 0 Å². The first-order chi connectivity index (χ1) is 11.7. The number of hydrogen-bond donors (Lipinski definition) is 1. The van der Waals surface area contributed by atoms with Crippen molar-refractivity contribution in [3.05, 3.63) is 71.3 Å². The summed E-state index contributed by atoms with van der Waals surface area (Å²) in [6.45, 7) is 4.81. The fourth-order valence-electron chi connectivity index (χ4n) is 2.93. The zero-order valence-corrected chi connectivity index (χ0v) is 13.5. The molecule has 5 nitrogen and oxygen atoms in total. The molecule has 0 amide bonds. The first kappa shape index (κ1) is 16.2. The largest absolute Gasteiger partial charge is 0.545 e. The molecule has 24 heavy (non-hydrogen) atoms. The number of carboxylic acid groups (broad SMARTS) is 1. The summed E-state index contributed by atoms with van der Waals surface area (Å²) in [5, 5.41) is 17.5. The van der Waals surface area contributed by atoms with E-state index in [4.69, 9.17) is 0 Å². The Morgan fingerprint density at radius 1 is 1.08 bits per heavy atom. The molecule has 0 bridgehead atoms. The van der Waals surface area contributed by atoms with Crippen LogP contribution in [0.5, 0.6) is 0 Å². The molecule has 5 heteroatoms. The second kappa shape index (κ2) is 7.75. The van der Waals surface area contributed by atoms with Crippen molar-refractivity contribution >= 4 is 12.2 Å². The molecule has 2 aromatic rings. The van der Waals surface area contributed by atoms with Crippen LogP contribution in [-0.2, 0) is 6.54 Å². The molecule has 1 aliphatic heterocycles. The molecule has 0 spiro atoms. The van der Waals surface area contributed by atoms with Gasteiger partial charge in [-0.3, -0.25) is 5.01 Å². The van der Waals surface area contributed by atoms with Gasteiger partial charge in [-0.2, -0.15) is 5.10 Å². The van der Waals surface area contributed by atoms with E-state index in [0.717, 1.165) is 32.7 Å². The van der Waals surface area contributed by atoms with Gasteiger partial charge in [0.15, 0.2) is 0 Å². The molecule has 0 radical (unpaired) electrons. The summed E-state index contributed by atoms with van der Waals surface area (Å²) in [6.07, 6.45) is 1.62. The normalized spacial score (nSPS) is 15.8. The van der Waals surface area contributed by atoms with E-state index in [2.05, 4.69) is 29.4 Å². The van der Waals surface area contributed by atoms with Crippen molar-refractivity contribution in [1.82, 2.24) is 5.01 Å². The highest BCUT2D eigenvalue weighted by Gasteiger charge is 2.18. The van der Waals surface area contributed by atoms with Gasteiger partial charge >= 0.3 is 0 Å². The standard InChI is InChI=1S/C19H21N3O2/c23-19(24)18-9-5-4-8-17(18)14-20-22-12-10-21(11-13-22)15-16-6-2-1-3-7-16/h1-9,14H,10-13,15H2,(H,23,24)/b20-14+. The molecular weight excluding hydrogens is 302 g/mol. The average Bonchev–Trinajstić information content (AvgIpc) is 2.62. The zero-order valence-electron chi connectivity index (χ0n) is 13.5. The molecule has 3 rings (SSSR count). The van der Waals surface area contributed by atoms with E-state index in [1.807, 2.05) is 11.1 Å². The molecule has 0 saturated carbocycles. The molecule has 2 aromatic carbocycles. The molecule has 0 aliphatic carbocycles. The fourth-order valence-corrected chi connectivity index (χ4v) is 2.93. The first-order valence-electron chi connectivity index (χ1n) is 8.19. The molecule has 0 aromatic heterocycles. The molecular formula is C19H21N3O2. The number of hydrazone groups is 1. The Hall–Kier alpha value is -2.66. The van der Waals surface area contributed by atoms with Crippen molar-refractivity contribution in [3.8, 4) is 0 Å². The summed E-state index contributed by atoms with van der Waals surface area (Å²) in [5.74, 6) is -1.17. The van der Waals surface area contributed by atoms with Crippen LogP contribution in [0.4, 0.5) is 0 Å². The Balaban J connectivity index is 1.55. The lowest BCUT2D eigenvalue weighted by Gasteiger charge is -2.30. The Morgan fingerprint density at radius 3 is 2.46 bits per heavy atom. The van der Waals surface area contributed by atoms with Crippen LogP contribution in [0.3, 0.4) is 0 Å². The molecule has 1 fully saturated rings. The number of carbonyl (C=O) groups is 1. The van der Waals surface area contributed by atoms with E-state index in [1.54, 1.807) is 35.4 Å². The Bertz CT molecular complexity index is 708. The highest BCUT2D eigenvalue weighted by atomic mass is 16.4. The van der Waals surface area contributed by atoms with E-state index < -0.39 is 5.97 Å². The fraction of sp³-hybridized carbons (Fsp3) is 0.263. The predicted octanol–water partition coefficient (Wildman–Crippen LogP) is -0.215. The second-order valence-electron chi connectivity index (χ2n) is 5.99. The van der Waals surface area contributed by atoms with Crippen LogP contribution in [0.1, 0.15) is 21.5 Å². The summed E-state index contributed by atoms with van der Waals surface area (Å²) in [7, 11) is 0. The van der Waals surface area contributed by atoms with Crippen LogP contribution in [0.25, 0.3) is 0 Å². The Morgan fingerprint density at radius 2 is 1.75 bits per heavy atom. The van der Waals surface area contributed by atoms with Crippen LogP contribution in [0.2, 0.25) is 0 Å². The third kappa shape index (κ3) is 4.20. The van der Waals surface area contributed by atoms with E-state index in [-0.39, 0.29) is 5.56 Å². The highest BCUT2D eigenvalue weighted by Crippen LogP contribution is 2.05. The lowest BCUT2D eigenvalue weighted by molar-refractivity contribution is -0.918. The maximum atomic E-state index is 11.1. The first-order valence-corrected chi connectivity index (χ1v) is 8.19. The van der Waals surface area contributed by atoms with Crippen molar-refractivity contribution in [2.75, 3.05) is 26.2 Å². The van der Waals surface area contributed by atoms with Gasteiger partial charge in [0.25, 0.3) is 0 Å². The monoisotopic (exact) mass is 323 g/mol. The van der Waals surface area contributed by atoms with Crippen molar-refractivity contribution < 1.29 is 14.8 Å². The average molecular weight is 323 g/mol. The van der Waals surface area contributed by atoms with Gasteiger partial charge < -0.3 is 14.8 Å². The Labute approximate surface area is 141 Å². The maximum absolute atomic E-state index is 11.1. The van der Waals surface area contributed by atoms with Crippen LogP contribution in [0.15, 0.2) is 59.7 Å². The lowest BCUT2D eigenvalue weighted by Crippen LogP contribution is -3.13. The van der Waals surface area contributed by atoms with Crippen molar-refractivity contribution in [2.24, 2.45) is 5.10 Å². The predicted molar refractivity (Wildman–Crippen MR) is 90.8 cm³/mol. The maximum Gasteiger partial charge on any atom is 0.103 e. The number of carboxylic acids is 1. The molecule has 0 atom stereocenters. The number of piperazine rings is 1. The van der Waals surface area contributed by atoms with Gasteiger partial charge in [-0.15, -0.1) is 0 Å². The van der Waals surface area contributed by atoms with Gasteiger partial charge in [-0.25, -0.2) is 0 Å². The number of rotatable bonds is 5. The summed E-state index contributed by atoms with van der Waals surface area (Å²) in [4.78, 5) is 12.6. The van der Waals surface area contributed by atoms with Gasteiger partial charge in [0, 0.05) is 16.7 Å². The molecule has 1 saturated heterocycles. The summed E-state index contributed by atoms with van der Waals surface area (Å²) in [5.41, 5.74) is 2.11. The van der Waals surface area contributed by atoms with Gasteiger partial charge in [-0.1, -0.05) is 54.6 Å². The van der Waals surface area contributed by atoms with Crippen LogP contribution in [0, 0.1) is 0 Å². The zero-order chi connectivity index (χ0) is 16.8. The minimum Gasteiger partial charge on any atom is -0.545 e. The van der Waals surface area contributed by atoms with Crippen LogP contribution in [-0.4, -0.2) is 43.4 Å². The summed E-state index contributed by atoms with van der Waals surface area (Å²) < 4.78 is 0. The molecule has 1 heterocycles. The van der Waals surface area contributed by atoms with E-state index >= 15 is 0 Å². The number of quaternary nitrogens is 1. The summed E-state index contributed by atoms with van der Waals surface area (Å²) in [6, 6.07) is 17.3. The number of nitrogens with one attached hydrogen (secondary N) is 1. The number of hydrogen-bond acceptors (Lipinski definition) is 4. The van der Waals surface area contributed by atoms with Crippen molar-refractivity contribution in [2.45, 2.75) is 6.54 Å². The smallest absolute Gasteiger partial charge is 0.103 e. The van der Waals surface area contributed by atoms with Gasteiger partial charge in [0.1, 0.15) is 6.54 Å². The van der Waals surface area contributed by atoms with Crippen LogP contribution >= 0.6 is 0 Å². The molecule has 1 aliphatic rings. The second-order valence-corrected chi connectivity index (χ2v) is 5.99. The van der Waals surface area contributed by atoms with E-state index in [9.17, 15) is 9.90 Å². The minimum atomic E-state index is -1.17. The van der Waals surface area contributed by atoms with E-state index in [1.165, 1.54) is 5.56 Å². The summed E-state index contributed by atoms with van der Waals surface area (Å²) >= 11 is 0. The highest BCUT2D eigenvalue weighted by molar-refractivity contribution is 5.97. The topological polar surface area (TPSA) is 60.2 Å². The van der Waals surface area contributed by atoms with Crippen molar-refractivity contribution in [3.63, 3.8) is 0 Å². The number of aromatic carboxylic acids is 1. The van der Waals surface area contributed by atoms with Crippen LogP contribution < -0.4 is 10.0 Å². The quantitative estimate of drug-likeness (QED) is 0.774. The van der Waals surface area contributed by atoms with Gasteiger partial charge in [0.2, 0.25) is 0 Å². The van der Waals surface area contributed by atoms with Gasteiger partial charge in [0.05, 0.1) is 38.4 Å². The third-order valence-electron chi connectivity index (χ3n) is 4.28. The number of carbonyl (C=O) groups excluding carboxylic acids is 1. The Kier molecular flexibility index (Phi) is 5.23. The minimum absolute atomic E-state index is 0.176. The number of benzene rings is 2. The lowest BCUT2D eigenvalue weighted by atomic mass is 10.1. The molecule has 0 unspecified atom stereocenters. The molecule has 1 N–H and O–H groups in total. The van der Waals surface area contributed by atoms with Gasteiger partial charge in [-0.05, 0) is 0 Å². The third-order valence-corrected chi connectivity index (χ3v) is 4.28. The SMILES string of the molecule is O=C([O-])c1ccccc1/C=N/N1CC[NH+](Cc2ccccc2)CC1.